The topological polar surface area (TPSA) is 55.6 Å². The van der Waals surface area contributed by atoms with Crippen molar-refractivity contribution in [1.82, 2.24) is 0 Å². The number of nitrogens with two attached hydrogens (primary N) is 1. The van der Waals surface area contributed by atoms with Crippen LogP contribution in [0.1, 0.15) is 30.1 Å². The molecule has 4 heteroatoms. The molecule has 2 N–H and O–H groups in total. The van der Waals surface area contributed by atoms with Crippen LogP contribution < -0.4 is 10.6 Å². The van der Waals surface area contributed by atoms with E-state index < -0.39 is 0 Å². The van der Waals surface area contributed by atoms with Gasteiger partial charge in [-0.05, 0) is 37.0 Å². The largest absolute Gasteiger partial charge is 0.465 e. The lowest BCUT2D eigenvalue weighted by molar-refractivity contribution is 0.0601. The van der Waals surface area contributed by atoms with E-state index in [4.69, 9.17) is 5.73 Å². The summed E-state index contributed by atoms with van der Waals surface area (Å²) in [5, 5.41) is 0. The van der Waals surface area contributed by atoms with Crippen molar-refractivity contribution in [3.8, 4) is 0 Å². The molecule has 1 atom stereocenters. The third-order valence-electron chi connectivity index (χ3n) is 3.45. The maximum absolute atomic E-state index is 11.4. The molecule has 1 aromatic carbocycles. The zero-order chi connectivity index (χ0) is 13.1. The van der Waals surface area contributed by atoms with Gasteiger partial charge in [0.15, 0.2) is 0 Å². The fourth-order valence-electron chi connectivity index (χ4n) is 2.50. The number of benzene rings is 1. The summed E-state index contributed by atoms with van der Waals surface area (Å²) in [4.78, 5) is 13.7. The summed E-state index contributed by atoms with van der Waals surface area (Å²) in [6.45, 7) is 4.32. The summed E-state index contributed by atoms with van der Waals surface area (Å²) in [6, 6.07) is 5.39. The van der Waals surface area contributed by atoms with Crippen LogP contribution in [0.25, 0.3) is 0 Å². The first kappa shape index (κ1) is 12.7. The first-order chi connectivity index (χ1) is 8.61. The molecule has 1 heterocycles. The monoisotopic (exact) mass is 248 g/mol. The molecule has 4 nitrogen and oxygen atoms in total. The predicted octanol–water partition coefficient (Wildman–Crippen LogP) is 2.29. The zero-order valence-electron chi connectivity index (χ0n) is 11.0. The summed E-state index contributed by atoms with van der Waals surface area (Å²) in [5.41, 5.74) is 8.21. The standard InChI is InChI=1S/C14H20N2O2/c1-10-4-3-7-16(9-10)13-6-5-11(8-12(13)15)14(17)18-2/h5-6,8,10H,3-4,7,9,15H2,1-2H3. The molecule has 98 valence electrons. The smallest absolute Gasteiger partial charge is 0.337 e. The van der Waals surface area contributed by atoms with Crippen LogP contribution in [-0.2, 0) is 4.74 Å². The van der Waals surface area contributed by atoms with E-state index in [1.165, 1.54) is 20.0 Å². The molecule has 0 spiro atoms. The molecule has 0 radical (unpaired) electrons. The van der Waals surface area contributed by atoms with Gasteiger partial charge in [0.2, 0.25) is 0 Å². The average Bonchev–Trinajstić information content (AvgIpc) is 2.37. The Kier molecular flexibility index (Phi) is 3.75. The molecule has 0 aromatic heterocycles. The molecule has 1 saturated heterocycles. The zero-order valence-corrected chi connectivity index (χ0v) is 11.0. The molecule has 18 heavy (non-hydrogen) atoms. The molecule has 1 aliphatic heterocycles. The van der Waals surface area contributed by atoms with Crippen molar-refractivity contribution in [3.05, 3.63) is 23.8 Å². The number of nitrogen functional groups attached to an aromatic ring is 1. The first-order valence-electron chi connectivity index (χ1n) is 6.34. The van der Waals surface area contributed by atoms with Crippen molar-refractivity contribution in [1.29, 1.82) is 0 Å². The number of hydrogen-bond donors (Lipinski definition) is 1. The molecular weight excluding hydrogens is 228 g/mol. The number of methoxy groups -OCH3 is 1. The van der Waals surface area contributed by atoms with Gasteiger partial charge in [-0.15, -0.1) is 0 Å². The lowest BCUT2D eigenvalue weighted by atomic mass is 9.99. The van der Waals surface area contributed by atoms with E-state index in [-0.39, 0.29) is 5.97 Å². The highest BCUT2D eigenvalue weighted by atomic mass is 16.5. The molecule has 1 aromatic rings. The molecule has 0 amide bonds. The minimum absolute atomic E-state index is 0.347. The van der Waals surface area contributed by atoms with Gasteiger partial charge >= 0.3 is 5.97 Å². The number of piperidine rings is 1. The first-order valence-corrected chi connectivity index (χ1v) is 6.34. The van der Waals surface area contributed by atoms with Gasteiger partial charge in [-0.25, -0.2) is 4.79 Å². The molecule has 1 aliphatic rings. The third kappa shape index (κ3) is 2.58. The Hall–Kier alpha value is -1.71. The fraction of sp³-hybridized carbons (Fsp3) is 0.500. The number of esters is 1. The number of carbonyl (C=O) groups excluding carboxylic acids is 1. The summed E-state index contributed by atoms with van der Waals surface area (Å²) in [5.74, 6) is 0.346. The van der Waals surface area contributed by atoms with E-state index in [0.29, 0.717) is 17.2 Å². The van der Waals surface area contributed by atoms with E-state index in [9.17, 15) is 4.79 Å². The lowest BCUT2D eigenvalue weighted by Gasteiger charge is -2.33. The van der Waals surface area contributed by atoms with Crippen LogP contribution in [0.4, 0.5) is 11.4 Å². The van der Waals surface area contributed by atoms with E-state index in [0.717, 1.165) is 18.8 Å². The van der Waals surface area contributed by atoms with Crippen LogP contribution in [0.2, 0.25) is 0 Å². The molecule has 1 fully saturated rings. The second-order valence-corrected chi connectivity index (χ2v) is 4.96. The van der Waals surface area contributed by atoms with Gasteiger partial charge in [-0.2, -0.15) is 0 Å². The molecule has 1 unspecified atom stereocenters. The lowest BCUT2D eigenvalue weighted by Crippen LogP contribution is -2.34. The highest BCUT2D eigenvalue weighted by molar-refractivity contribution is 5.91. The predicted molar refractivity (Wildman–Crippen MR) is 72.8 cm³/mol. The van der Waals surface area contributed by atoms with Crippen LogP contribution in [0, 0.1) is 5.92 Å². The van der Waals surface area contributed by atoms with Crippen LogP contribution in [0.15, 0.2) is 18.2 Å². The normalized spacial score (nSPS) is 19.7. The number of rotatable bonds is 2. The quantitative estimate of drug-likeness (QED) is 0.644. The molecular formula is C14H20N2O2. The minimum Gasteiger partial charge on any atom is -0.465 e. The molecule has 0 saturated carbocycles. The minimum atomic E-state index is -0.347. The van der Waals surface area contributed by atoms with Crippen molar-refractivity contribution in [2.45, 2.75) is 19.8 Å². The van der Waals surface area contributed by atoms with Gasteiger partial charge in [-0.3, -0.25) is 0 Å². The van der Waals surface area contributed by atoms with Gasteiger partial charge in [0, 0.05) is 13.1 Å². The Bertz CT molecular complexity index is 445. The number of nitrogens with zero attached hydrogens (tertiary/aromatic N) is 1. The maximum atomic E-state index is 11.4. The summed E-state index contributed by atoms with van der Waals surface area (Å²) >= 11 is 0. The molecule has 0 bridgehead atoms. The highest BCUT2D eigenvalue weighted by Crippen LogP contribution is 2.28. The van der Waals surface area contributed by atoms with Gasteiger partial charge in [-0.1, -0.05) is 6.92 Å². The van der Waals surface area contributed by atoms with E-state index in [1.807, 2.05) is 6.07 Å². The van der Waals surface area contributed by atoms with Crippen LogP contribution in [0.3, 0.4) is 0 Å². The van der Waals surface area contributed by atoms with Crippen molar-refractivity contribution < 1.29 is 9.53 Å². The Labute approximate surface area is 108 Å². The molecule has 0 aliphatic carbocycles. The van der Waals surface area contributed by atoms with Crippen LogP contribution in [0.5, 0.6) is 0 Å². The highest BCUT2D eigenvalue weighted by Gasteiger charge is 2.19. The van der Waals surface area contributed by atoms with Crippen LogP contribution >= 0.6 is 0 Å². The summed E-state index contributed by atoms with van der Waals surface area (Å²) in [7, 11) is 1.37. The van der Waals surface area contributed by atoms with Crippen LogP contribution in [-0.4, -0.2) is 26.2 Å². The Balaban J connectivity index is 2.21. The summed E-state index contributed by atoms with van der Waals surface area (Å²) in [6.07, 6.45) is 2.47. The van der Waals surface area contributed by atoms with E-state index >= 15 is 0 Å². The Morgan fingerprint density at radius 1 is 1.50 bits per heavy atom. The van der Waals surface area contributed by atoms with Crippen molar-refractivity contribution in [2.75, 3.05) is 30.8 Å². The second-order valence-electron chi connectivity index (χ2n) is 4.96. The fourth-order valence-corrected chi connectivity index (χ4v) is 2.50. The van der Waals surface area contributed by atoms with Gasteiger partial charge in [0.05, 0.1) is 24.0 Å². The second kappa shape index (κ2) is 5.29. The van der Waals surface area contributed by atoms with Gasteiger partial charge < -0.3 is 15.4 Å². The number of anilines is 2. The van der Waals surface area contributed by atoms with Crippen molar-refractivity contribution in [2.24, 2.45) is 5.92 Å². The van der Waals surface area contributed by atoms with E-state index in [1.54, 1.807) is 12.1 Å². The van der Waals surface area contributed by atoms with Gasteiger partial charge in [0.1, 0.15) is 0 Å². The number of ether oxygens (including phenoxy) is 1. The number of carbonyl (C=O) groups is 1. The van der Waals surface area contributed by atoms with E-state index in [2.05, 4.69) is 16.6 Å². The number of hydrogen-bond acceptors (Lipinski definition) is 4. The maximum Gasteiger partial charge on any atom is 0.337 e. The average molecular weight is 248 g/mol. The van der Waals surface area contributed by atoms with Gasteiger partial charge in [0.25, 0.3) is 0 Å². The Morgan fingerprint density at radius 2 is 2.28 bits per heavy atom. The molecule has 2 rings (SSSR count). The van der Waals surface area contributed by atoms with Crippen molar-refractivity contribution in [3.63, 3.8) is 0 Å². The summed E-state index contributed by atoms with van der Waals surface area (Å²) < 4.78 is 4.69. The SMILES string of the molecule is COC(=O)c1ccc(N2CCCC(C)C2)c(N)c1. The third-order valence-corrected chi connectivity index (χ3v) is 3.45. The Morgan fingerprint density at radius 3 is 2.89 bits per heavy atom. The van der Waals surface area contributed by atoms with Crippen molar-refractivity contribution >= 4 is 17.3 Å².